The van der Waals surface area contributed by atoms with Crippen molar-refractivity contribution >= 4 is 83.0 Å². The molecule has 0 aliphatic rings. The molecule has 53 heavy (non-hydrogen) atoms. The molecule has 5 nitrogen and oxygen atoms in total. The van der Waals surface area contributed by atoms with E-state index in [-0.39, 0.29) is 0 Å². The fourth-order valence-corrected chi connectivity index (χ4v) is 8.09. The van der Waals surface area contributed by atoms with Crippen LogP contribution in [0.5, 0.6) is 11.5 Å². The number of methoxy groups -OCH3 is 2. The second-order valence-electron chi connectivity index (χ2n) is 13.4. The summed E-state index contributed by atoms with van der Waals surface area (Å²) in [5.41, 5.74) is 9.99. The van der Waals surface area contributed by atoms with Crippen LogP contribution >= 0.6 is 0 Å². The lowest BCUT2D eigenvalue weighted by atomic mass is 9.99. The number of rotatable bonds is 8. The number of hydrogen-bond acceptors (Lipinski definition) is 4. The topological polar surface area (TPSA) is 29.4 Å². The molecule has 0 amide bonds. The molecule has 0 N–H and O–H groups in total. The van der Waals surface area contributed by atoms with E-state index >= 15 is 0 Å². The molecule has 0 atom stereocenters. The third kappa shape index (κ3) is 4.93. The number of aromatic nitrogens is 1. The van der Waals surface area contributed by atoms with Crippen LogP contribution in [0.4, 0.5) is 34.1 Å². The first-order valence-electron chi connectivity index (χ1n) is 17.8. The first kappa shape index (κ1) is 30.8. The van der Waals surface area contributed by atoms with Crippen molar-refractivity contribution in [2.24, 2.45) is 0 Å². The molecule has 5 heteroatoms. The van der Waals surface area contributed by atoms with E-state index in [2.05, 4.69) is 166 Å². The Balaban J connectivity index is 1.24. The predicted octanol–water partition coefficient (Wildman–Crippen LogP) is 12.9. The van der Waals surface area contributed by atoms with E-state index in [1.807, 2.05) is 24.3 Å². The van der Waals surface area contributed by atoms with Gasteiger partial charge in [-0.1, -0.05) is 78.9 Å². The van der Waals surface area contributed by atoms with Crippen LogP contribution in [-0.4, -0.2) is 18.6 Å². The molecule has 10 aromatic rings. The maximum atomic E-state index is 5.65. The monoisotopic (exact) mass is 685 g/mol. The smallest absolute Gasteiger partial charge is 0.120 e. The van der Waals surface area contributed by atoms with Gasteiger partial charge in [0.1, 0.15) is 11.5 Å². The molecule has 0 spiro atoms. The van der Waals surface area contributed by atoms with Gasteiger partial charge in [-0.05, 0) is 95.7 Å². The van der Waals surface area contributed by atoms with Crippen LogP contribution in [0.25, 0.3) is 48.9 Å². The number of fused-ring (bicyclic) bond motifs is 8. The average Bonchev–Trinajstić information content (AvgIpc) is 3.74. The second kappa shape index (κ2) is 12.4. The number of para-hydroxylation sites is 3. The molecular formula is C48H35N3O2. The second-order valence-corrected chi connectivity index (χ2v) is 13.4. The van der Waals surface area contributed by atoms with Crippen LogP contribution in [0, 0.1) is 0 Å². The molecule has 0 aliphatic carbocycles. The molecule has 8 aromatic carbocycles. The summed E-state index contributed by atoms with van der Waals surface area (Å²) >= 11 is 0. The molecule has 2 aromatic heterocycles. The Morgan fingerprint density at radius 2 is 0.925 bits per heavy atom. The summed E-state index contributed by atoms with van der Waals surface area (Å²) in [6.45, 7) is 0. The van der Waals surface area contributed by atoms with Crippen LogP contribution in [0.1, 0.15) is 0 Å². The summed E-state index contributed by atoms with van der Waals surface area (Å²) in [6.07, 6.45) is 0. The number of nitrogens with zero attached hydrogens (tertiary/aromatic N) is 3. The first-order chi connectivity index (χ1) is 26.2. The average molecular weight is 686 g/mol. The van der Waals surface area contributed by atoms with Crippen molar-refractivity contribution in [2.75, 3.05) is 24.0 Å². The van der Waals surface area contributed by atoms with E-state index in [0.29, 0.717) is 0 Å². The predicted molar refractivity (Wildman–Crippen MR) is 221 cm³/mol. The summed E-state index contributed by atoms with van der Waals surface area (Å²) < 4.78 is 13.8. The molecule has 10 rings (SSSR count). The summed E-state index contributed by atoms with van der Waals surface area (Å²) in [5, 5.41) is 7.40. The SMILES string of the molecule is COc1cccc(N(c2ccccc2)c2ccc3cc4c5ccc(N(c6ccccc6)c6cccc(OC)c6)cc5n5c6ccccc6c(c3c2)c45)c1. The number of anilines is 6. The zero-order valence-electron chi connectivity index (χ0n) is 29.4. The minimum atomic E-state index is 0.818. The van der Waals surface area contributed by atoms with Crippen LogP contribution in [-0.2, 0) is 0 Å². The largest absolute Gasteiger partial charge is 0.497 e. The third-order valence-corrected chi connectivity index (χ3v) is 10.4. The Kier molecular flexibility index (Phi) is 7.18. The quantitative estimate of drug-likeness (QED) is 0.159. The van der Waals surface area contributed by atoms with Gasteiger partial charge in [-0.3, -0.25) is 0 Å². The molecule has 0 radical (unpaired) electrons. The molecule has 0 bridgehead atoms. The first-order valence-corrected chi connectivity index (χ1v) is 17.8. The van der Waals surface area contributed by atoms with Crippen molar-refractivity contribution in [1.82, 2.24) is 4.40 Å². The molecule has 254 valence electrons. The molecule has 0 fully saturated rings. The minimum Gasteiger partial charge on any atom is -0.497 e. The molecular weight excluding hydrogens is 651 g/mol. The number of benzene rings is 8. The Hall–Kier alpha value is -6.98. The van der Waals surface area contributed by atoms with Crippen molar-refractivity contribution in [3.05, 3.63) is 176 Å². The van der Waals surface area contributed by atoms with Gasteiger partial charge in [-0.25, -0.2) is 0 Å². The standard InChI is InChI=1S/C48H35N3O2/c1-52-39-19-11-17-35(28-39)49(33-13-5-3-6-14-33)37-24-23-32-27-44-41-26-25-38(50(34-15-7-4-8-16-34)36-18-12-20-40(29-36)53-2)31-46(41)51-45-22-10-9-21-42(45)47(48(44)51)43(32)30-37/h3-31H,1-2H3. The van der Waals surface area contributed by atoms with Crippen molar-refractivity contribution in [3.63, 3.8) is 0 Å². The van der Waals surface area contributed by atoms with Crippen molar-refractivity contribution < 1.29 is 9.47 Å². The Labute approximate surface area is 307 Å². The lowest BCUT2D eigenvalue weighted by Crippen LogP contribution is -2.10. The molecule has 2 heterocycles. The van der Waals surface area contributed by atoms with Crippen molar-refractivity contribution in [1.29, 1.82) is 0 Å². The van der Waals surface area contributed by atoms with Gasteiger partial charge in [0.05, 0.1) is 30.8 Å². The minimum absolute atomic E-state index is 0.818. The highest BCUT2D eigenvalue weighted by Gasteiger charge is 2.23. The normalized spacial score (nSPS) is 11.6. The highest BCUT2D eigenvalue weighted by molar-refractivity contribution is 6.31. The van der Waals surface area contributed by atoms with Gasteiger partial charge >= 0.3 is 0 Å². The summed E-state index contributed by atoms with van der Waals surface area (Å²) in [7, 11) is 3.43. The lowest BCUT2D eigenvalue weighted by molar-refractivity contribution is 0.415. The Morgan fingerprint density at radius 1 is 0.377 bits per heavy atom. The zero-order chi connectivity index (χ0) is 35.5. The van der Waals surface area contributed by atoms with Crippen LogP contribution < -0.4 is 19.3 Å². The van der Waals surface area contributed by atoms with Crippen molar-refractivity contribution in [2.45, 2.75) is 0 Å². The fourth-order valence-electron chi connectivity index (χ4n) is 8.09. The lowest BCUT2D eigenvalue weighted by Gasteiger charge is -2.26. The highest BCUT2D eigenvalue weighted by atomic mass is 16.5. The van der Waals surface area contributed by atoms with Gasteiger partial charge in [0, 0.05) is 67.8 Å². The summed E-state index contributed by atoms with van der Waals surface area (Å²) in [5.74, 6) is 1.64. The zero-order valence-corrected chi connectivity index (χ0v) is 29.4. The molecule has 0 saturated carbocycles. The van der Waals surface area contributed by atoms with E-state index in [0.717, 1.165) is 45.6 Å². The Morgan fingerprint density at radius 3 is 1.57 bits per heavy atom. The number of hydrogen-bond donors (Lipinski definition) is 0. The van der Waals surface area contributed by atoms with E-state index in [1.54, 1.807) is 14.2 Å². The Bertz CT molecular complexity index is 2820. The summed E-state index contributed by atoms with van der Waals surface area (Å²) in [4.78, 5) is 4.60. The summed E-state index contributed by atoms with van der Waals surface area (Å²) in [6, 6.07) is 62.5. The van der Waals surface area contributed by atoms with Crippen molar-refractivity contribution in [3.8, 4) is 11.5 Å². The van der Waals surface area contributed by atoms with E-state index in [1.165, 1.54) is 48.9 Å². The number of ether oxygens (including phenoxy) is 2. The molecule has 0 unspecified atom stereocenters. The maximum Gasteiger partial charge on any atom is 0.120 e. The van der Waals surface area contributed by atoms with Gasteiger partial charge in [0.25, 0.3) is 0 Å². The van der Waals surface area contributed by atoms with E-state index in [4.69, 9.17) is 9.47 Å². The van der Waals surface area contributed by atoms with Crippen LogP contribution in [0.15, 0.2) is 176 Å². The fraction of sp³-hybridized carbons (Fsp3) is 0.0417. The van der Waals surface area contributed by atoms with Gasteiger partial charge in [0.2, 0.25) is 0 Å². The van der Waals surface area contributed by atoms with E-state index < -0.39 is 0 Å². The van der Waals surface area contributed by atoms with Gasteiger partial charge < -0.3 is 23.7 Å². The van der Waals surface area contributed by atoms with Gasteiger partial charge in [-0.15, -0.1) is 0 Å². The highest BCUT2D eigenvalue weighted by Crippen LogP contribution is 2.47. The van der Waals surface area contributed by atoms with Gasteiger partial charge in [-0.2, -0.15) is 0 Å². The molecule has 0 saturated heterocycles. The maximum absolute atomic E-state index is 5.65. The molecule has 0 aliphatic heterocycles. The van der Waals surface area contributed by atoms with Crippen LogP contribution in [0.3, 0.4) is 0 Å². The third-order valence-electron chi connectivity index (χ3n) is 10.4. The van der Waals surface area contributed by atoms with E-state index in [9.17, 15) is 0 Å². The van der Waals surface area contributed by atoms with Crippen LogP contribution in [0.2, 0.25) is 0 Å². The van der Waals surface area contributed by atoms with Gasteiger partial charge in [0.15, 0.2) is 0 Å².